The monoisotopic (exact) mass is 435 g/mol. The van der Waals surface area contributed by atoms with Crippen LogP contribution in [0.4, 0.5) is 5.82 Å². The number of carbonyl (C=O) groups is 1. The predicted molar refractivity (Wildman–Crippen MR) is 126 cm³/mol. The van der Waals surface area contributed by atoms with Crippen molar-refractivity contribution in [2.24, 2.45) is 0 Å². The maximum absolute atomic E-state index is 11.2. The van der Waals surface area contributed by atoms with E-state index in [1.54, 1.807) is 0 Å². The molecule has 0 bridgehead atoms. The highest BCUT2D eigenvalue weighted by atomic mass is 16.3. The standard InChI is InChI=1S/C20H19N5O2.C3H10N2/c1-13-3-5-15(6-4-13)17-16(9-14(10-21)11-27)25(7-2-8-26)20-18(17)19(22)23-12-24-20;1-4-5(2)3/h3-6,9,11-12,26H,2,7-8H2,1H3,(H2,22,23,24);4H,1-3H3/b14-9+;. The van der Waals surface area contributed by atoms with Gasteiger partial charge < -0.3 is 15.4 Å². The zero-order valence-corrected chi connectivity index (χ0v) is 18.8. The van der Waals surface area contributed by atoms with Crippen LogP contribution in [-0.4, -0.2) is 58.7 Å². The minimum Gasteiger partial charge on any atom is -0.396 e. The second-order valence-electron chi connectivity index (χ2n) is 7.26. The number of allylic oxidation sites excluding steroid dienone is 1. The summed E-state index contributed by atoms with van der Waals surface area (Å²) in [5.74, 6) is 0.317. The van der Waals surface area contributed by atoms with E-state index in [1.165, 1.54) is 12.4 Å². The second-order valence-corrected chi connectivity index (χ2v) is 7.26. The van der Waals surface area contributed by atoms with Gasteiger partial charge >= 0.3 is 0 Å². The maximum atomic E-state index is 11.2. The van der Waals surface area contributed by atoms with Crippen LogP contribution < -0.4 is 11.2 Å². The summed E-state index contributed by atoms with van der Waals surface area (Å²) in [6.07, 6.45) is 3.91. The van der Waals surface area contributed by atoms with Gasteiger partial charge in [0.1, 0.15) is 23.9 Å². The topological polar surface area (TPSA) is 133 Å². The number of hydrazine groups is 1. The Kier molecular flexibility index (Phi) is 9.04. The highest BCUT2D eigenvalue weighted by Crippen LogP contribution is 2.38. The number of nitrogens with zero attached hydrogens (tertiary/aromatic N) is 5. The number of aromatic nitrogens is 3. The molecule has 9 heteroatoms. The zero-order valence-electron chi connectivity index (χ0n) is 18.8. The van der Waals surface area contributed by atoms with Gasteiger partial charge in [0, 0.05) is 32.8 Å². The number of carbonyl (C=O) groups excluding carboxylic acids is 1. The third-order valence-corrected chi connectivity index (χ3v) is 4.78. The molecule has 3 aromatic rings. The van der Waals surface area contributed by atoms with Crippen LogP contribution in [0.1, 0.15) is 17.7 Å². The molecular formula is C23H29N7O2. The summed E-state index contributed by atoms with van der Waals surface area (Å²) in [5.41, 5.74) is 13.0. The average Bonchev–Trinajstić information content (AvgIpc) is 3.11. The molecule has 0 atom stereocenters. The summed E-state index contributed by atoms with van der Waals surface area (Å²) >= 11 is 0. The number of aliphatic hydroxyl groups excluding tert-OH is 1. The van der Waals surface area contributed by atoms with Crippen LogP contribution in [0.15, 0.2) is 36.2 Å². The smallest absolute Gasteiger partial charge is 0.160 e. The van der Waals surface area contributed by atoms with E-state index < -0.39 is 0 Å². The van der Waals surface area contributed by atoms with Crippen LogP contribution in [0.25, 0.3) is 28.2 Å². The van der Waals surface area contributed by atoms with Gasteiger partial charge in [-0.25, -0.2) is 9.97 Å². The number of benzene rings is 1. The number of aryl methyl sites for hydroxylation is 2. The fourth-order valence-corrected chi connectivity index (χ4v) is 3.07. The van der Waals surface area contributed by atoms with E-state index in [0.29, 0.717) is 41.8 Å². The summed E-state index contributed by atoms with van der Waals surface area (Å²) in [6.45, 7) is 2.45. The third-order valence-electron chi connectivity index (χ3n) is 4.78. The number of aldehydes is 1. The Morgan fingerprint density at radius 2 is 1.97 bits per heavy atom. The van der Waals surface area contributed by atoms with Crippen molar-refractivity contribution >= 4 is 29.2 Å². The van der Waals surface area contributed by atoms with E-state index in [0.717, 1.165) is 16.7 Å². The molecule has 0 radical (unpaired) electrons. The molecule has 9 nitrogen and oxygen atoms in total. The van der Waals surface area contributed by atoms with Gasteiger partial charge in [0.15, 0.2) is 6.29 Å². The molecule has 0 amide bonds. The number of aliphatic hydroxyl groups is 1. The van der Waals surface area contributed by atoms with Gasteiger partial charge in [-0.15, -0.1) is 0 Å². The number of hydrogen-bond acceptors (Lipinski definition) is 8. The Bertz CT molecular complexity index is 1130. The first-order valence-corrected chi connectivity index (χ1v) is 10.1. The maximum Gasteiger partial charge on any atom is 0.160 e. The number of fused-ring (bicyclic) bond motifs is 1. The van der Waals surface area contributed by atoms with Gasteiger partial charge in [0.25, 0.3) is 0 Å². The molecule has 0 saturated carbocycles. The minimum atomic E-state index is -0.0112. The van der Waals surface area contributed by atoms with Gasteiger partial charge in [-0.05, 0) is 32.0 Å². The van der Waals surface area contributed by atoms with Gasteiger partial charge in [0.05, 0.1) is 16.7 Å². The van der Waals surface area contributed by atoms with Crippen molar-refractivity contribution in [1.82, 2.24) is 25.0 Å². The van der Waals surface area contributed by atoms with Crippen LogP contribution in [0.3, 0.4) is 0 Å². The van der Waals surface area contributed by atoms with Crippen molar-refractivity contribution in [1.29, 1.82) is 5.26 Å². The third kappa shape index (κ3) is 5.76. The van der Waals surface area contributed by atoms with Gasteiger partial charge in [-0.1, -0.05) is 29.8 Å². The quantitative estimate of drug-likeness (QED) is 0.223. The summed E-state index contributed by atoms with van der Waals surface area (Å²) in [4.78, 5) is 19.7. The number of nitriles is 1. The molecule has 0 fully saturated rings. The summed E-state index contributed by atoms with van der Waals surface area (Å²) in [6, 6.07) is 9.76. The van der Waals surface area contributed by atoms with Crippen LogP contribution in [0.2, 0.25) is 0 Å². The number of anilines is 1. The molecular weight excluding hydrogens is 406 g/mol. The molecule has 0 unspecified atom stereocenters. The van der Waals surface area contributed by atoms with Crippen molar-refractivity contribution in [2.45, 2.75) is 19.9 Å². The minimum absolute atomic E-state index is 0.00203. The molecule has 0 aliphatic carbocycles. The molecule has 168 valence electrons. The van der Waals surface area contributed by atoms with Gasteiger partial charge in [0.2, 0.25) is 0 Å². The zero-order chi connectivity index (χ0) is 23.7. The lowest BCUT2D eigenvalue weighted by atomic mass is 10.0. The number of nitrogens with two attached hydrogens (primary N) is 1. The highest BCUT2D eigenvalue weighted by molar-refractivity contribution is 6.05. The lowest BCUT2D eigenvalue weighted by molar-refractivity contribution is -0.104. The summed E-state index contributed by atoms with van der Waals surface area (Å²) in [5, 5.41) is 21.0. The van der Waals surface area contributed by atoms with Crippen LogP contribution in [-0.2, 0) is 11.3 Å². The SMILES string of the molecule is CNN(C)C.Cc1ccc(-c2c(/C=C(\C#N)C=O)n(CCCO)c3ncnc(N)c23)cc1. The van der Waals surface area contributed by atoms with Crippen molar-refractivity contribution in [3.63, 3.8) is 0 Å². The Morgan fingerprint density at radius 3 is 2.50 bits per heavy atom. The van der Waals surface area contributed by atoms with Gasteiger partial charge in [-0.2, -0.15) is 5.26 Å². The first-order valence-electron chi connectivity index (χ1n) is 10.1. The van der Waals surface area contributed by atoms with E-state index in [-0.39, 0.29) is 12.2 Å². The lowest BCUT2D eigenvalue weighted by Gasteiger charge is -2.08. The average molecular weight is 436 g/mol. The predicted octanol–water partition coefficient (Wildman–Crippen LogP) is 2.16. The number of hydrogen-bond donors (Lipinski definition) is 3. The molecule has 0 spiro atoms. The van der Waals surface area contributed by atoms with Crippen molar-refractivity contribution in [3.8, 4) is 17.2 Å². The molecule has 0 aliphatic rings. The molecule has 32 heavy (non-hydrogen) atoms. The largest absolute Gasteiger partial charge is 0.396 e. The Hall–Kier alpha value is -3.58. The number of nitrogen functional groups attached to an aromatic ring is 1. The Balaban J connectivity index is 0.000000654. The molecule has 3 rings (SSSR count). The Morgan fingerprint density at radius 1 is 1.31 bits per heavy atom. The van der Waals surface area contributed by atoms with E-state index >= 15 is 0 Å². The van der Waals surface area contributed by atoms with Crippen molar-refractivity contribution in [3.05, 3.63) is 47.4 Å². The highest BCUT2D eigenvalue weighted by Gasteiger charge is 2.21. The van der Waals surface area contributed by atoms with Crippen LogP contribution in [0, 0.1) is 18.3 Å². The number of nitrogens with one attached hydrogen (secondary N) is 1. The first-order chi connectivity index (χ1) is 15.4. The van der Waals surface area contributed by atoms with E-state index in [1.807, 2.05) is 68.0 Å². The summed E-state index contributed by atoms with van der Waals surface area (Å²) in [7, 11) is 5.76. The molecule has 2 aromatic heterocycles. The van der Waals surface area contributed by atoms with E-state index in [9.17, 15) is 15.2 Å². The fraction of sp³-hybridized carbons (Fsp3) is 0.304. The second kappa shape index (κ2) is 11.7. The first kappa shape index (κ1) is 24.7. The van der Waals surface area contributed by atoms with Crippen LogP contribution in [0.5, 0.6) is 0 Å². The van der Waals surface area contributed by atoms with Crippen molar-refractivity contribution in [2.75, 3.05) is 33.5 Å². The van der Waals surface area contributed by atoms with Crippen molar-refractivity contribution < 1.29 is 9.90 Å². The molecule has 1 aromatic carbocycles. The molecule has 4 N–H and O–H groups in total. The fourth-order valence-electron chi connectivity index (χ4n) is 3.07. The van der Waals surface area contributed by atoms with E-state index in [4.69, 9.17) is 5.73 Å². The molecule has 0 saturated heterocycles. The lowest BCUT2D eigenvalue weighted by Crippen LogP contribution is -2.25. The summed E-state index contributed by atoms with van der Waals surface area (Å²) < 4.78 is 1.86. The van der Waals surface area contributed by atoms with E-state index in [2.05, 4.69) is 15.4 Å². The van der Waals surface area contributed by atoms with Crippen LogP contribution >= 0.6 is 0 Å². The normalized spacial score (nSPS) is 11.2. The molecule has 2 heterocycles. The Labute approximate surface area is 187 Å². The molecule has 0 aliphatic heterocycles. The number of rotatable bonds is 7. The van der Waals surface area contributed by atoms with Gasteiger partial charge in [-0.3, -0.25) is 15.2 Å².